The number of benzene rings is 2. The van der Waals surface area contributed by atoms with Crippen LogP contribution in [-0.2, 0) is 22.7 Å². The van der Waals surface area contributed by atoms with Crippen LogP contribution in [0.4, 0.5) is 0 Å². The number of halogens is 1. The first-order valence-electron chi connectivity index (χ1n) is 8.79. The Morgan fingerprint density at radius 2 is 1.64 bits per heavy atom. The van der Waals surface area contributed by atoms with Crippen LogP contribution in [-0.4, -0.2) is 28.2 Å². The molecule has 1 amide bonds. The van der Waals surface area contributed by atoms with Crippen molar-refractivity contribution in [2.45, 2.75) is 20.1 Å². The van der Waals surface area contributed by atoms with Gasteiger partial charge < -0.3 is 10.1 Å². The predicted molar refractivity (Wildman–Crippen MR) is 106 cm³/mol. The highest BCUT2D eigenvalue weighted by Crippen LogP contribution is 2.20. The van der Waals surface area contributed by atoms with E-state index >= 15 is 0 Å². The van der Waals surface area contributed by atoms with E-state index in [0.717, 1.165) is 11.1 Å². The number of hydrogen-bond donors (Lipinski definition) is 1. The van der Waals surface area contributed by atoms with Crippen LogP contribution in [0, 0.1) is 6.92 Å². The number of aromatic nitrogens is 2. The maximum atomic E-state index is 12.5. The zero-order valence-electron chi connectivity index (χ0n) is 15.4. The van der Waals surface area contributed by atoms with E-state index in [1.807, 2.05) is 60.7 Å². The van der Waals surface area contributed by atoms with Gasteiger partial charge in [0.25, 0.3) is 5.91 Å². The molecule has 0 radical (unpaired) electrons. The number of ether oxygens (including phenoxy) is 1. The molecule has 0 fully saturated rings. The summed E-state index contributed by atoms with van der Waals surface area (Å²) in [7, 11) is 0. The molecule has 144 valence electrons. The largest absolute Gasteiger partial charge is 0.460 e. The lowest BCUT2D eigenvalue weighted by Gasteiger charge is -2.07. The van der Waals surface area contributed by atoms with E-state index in [9.17, 15) is 9.59 Å². The van der Waals surface area contributed by atoms with Crippen LogP contribution < -0.4 is 5.32 Å². The second-order valence-corrected chi connectivity index (χ2v) is 6.58. The van der Waals surface area contributed by atoms with Gasteiger partial charge in [-0.15, -0.1) is 0 Å². The molecule has 3 aromatic rings. The lowest BCUT2D eigenvalue weighted by atomic mass is 10.2. The van der Waals surface area contributed by atoms with E-state index in [2.05, 4.69) is 10.4 Å². The average Bonchev–Trinajstić information content (AvgIpc) is 2.99. The molecule has 0 aliphatic rings. The molecule has 0 aliphatic heterocycles. The second-order valence-electron chi connectivity index (χ2n) is 6.22. The summed E-state index contributed by atoms with van der Waals surface area (Å²) in [6.07, 6.45) is 0. The normalized spacial score (nSPS) is 10.5. The SMILES string of the molecule is Cc1nn(Cc2ccccc2)c(Cl)c1C(=O)NCC(=O)OCc1ccccc1. The molecule has 0 saturated carbocycles. The zero-order valence-corrected chi connectivity index (χ0v) is 16.1. The van der Waals surface area contributed by atoms with Gasteiger partial charge in [0.2, 0.25) is 0 Å². The second kappa shape index (κ2) is 9.19. The lowest BCUT2D eigenvalue weighted by molar-refractivity contribution is -0.143. The topological polar surface area (TPSA) is 73.2 Å². The van der Waals surface area contributed by atoms with Crippen LogP contribution >= 0.6 is 11.6 Å². The van der Waals surface area contributed by atoms with Crippen molar-refractivity contribution < 1.29 is 14.3 Å². The molecule has 0 saturated heterocycles. The molecule has 28 heavy (non-hydrogen) atoms. The number of nitrogens with one attached hydrogen (secondary N) is 1. The molecule has 1 N–H and O–H groups in total. The van der Waals surface area contributed by atoms with Crippen molar-refractivity contribution in [3.05, 3.63) is 88.2 Å². The summed E-state index contributed by atoms with van der Waals surface area (Å²) >= 11 is 6.35. The maximum Gasteiger partial charge on any atom is 0.325 e. The number of rotatable bonds is 7. The fourth-order valence-electron chi connectivity index (χ4n) is 2.70. The van der Waals surface area contributed by atoms with Gasteiger partial charge in [0, 0.05) is 0 Å². The molecule has 7 heteroatoms. The third-order valence-corrected chi connectivity index (χ3v) is 4.49. The van der Waals surface area contributed by atoms with Gasteiger partial charge in [0.15, 0.2) is 0 Å². The minimum atomic E-state index is -0.525. The molecular formula is C21H20ClN3O3. The standard InChI is InChI=1S/C21H20ClN3O3/c1-15-19(20(22)25(24-15)13-16-8-4-2-5-9-16)21(27)23-12-18(26)28-14-17-10-6-3-7-11-17/h2-11H,12-14H2,1H3,(H,23,27). The summed E-state index contributed by atoms with van der Waals surface area (Å²) in [5.41, 5.74) is 2.65. The molecule has 2 aromatic carbocycles. The van der Waals surface area contributed by atoms with E-state index in [4.69, 9.17) is 16.3 Å². The predicted octanol–water partition coefficient (Wildman–Crippen LogP) is 3.37. The van der Waals surface area contributed by atoms with Gasteiger partial charge in [-0.2, -0.15) is 5.10 Å². The van der Waals surface area contributed by atoms with Crippen molar-refractivity contribution in [2.24, 2.45) is 0 Å². The third-order valence-electron chi connectivity index (χ3n) is 4.10. The van der Waals surface area contributed by atoms with Crippen LogP contribution in [0.15, 0.2) is 60.7 Å². The molecule has 3 rings (SSSR count). The number of aryl methyl sites for hydroxylation is 1. The highest BCUT2D eigenvalue weighted by Gasteiger charge is 2.21. The number of hydrogen-bond acceptors (Lipinski definition) is 4. The minimum absolute atomic E-state index is 0.157. The van der Waals surface area contributed by atoms with Gasteiger partial charge >= 0.3 is 5.97 Å². The molecule has 0 spiro atoms. The number of carbonyl (C=O) groups is 2. The van der Waals surface area contributed by atoms with E-state index < -0.39 is 11.9 Å². The Balaban J connectivity index is 1.57. The highest BCUT2D eigenvalue weighted by molar-refractivity contribution is 6.33. The Morgan fingerprint density at radius 1 is 1.04 bits per heavy atom. The van der Waals surface area contributed by atoms with Gasteiger partial charge in [-0.3, -0.25) is 9.59 Å². The Bertz CT molecular complexity index is 956. The number of nitrogens with zero attached hydrogens (tertiary/aromatic N) is 2. The minimum Gasteiger partial charge on any atom is -0.460 e. The highest BCUT2D eigenvalue weighted by atomic mass is 35.5. The van der Waals surface area contributed by atoms with Crippen LogP contribution in [0.1, 0.15) is 27.2 Å². The Hall–Kier alpha value is -3.12. The molecule has 0 atom stereocenters. The smallest absolute Gasteiger partial charge is 0.325 e. The summed E-state index contributed by atoms with van der Waals surface area (Å²) in [4.78, 5) is 24.4. The first kappa shape index (κ1) is 19.6. The lowest BCUT2D eigenvalue weighted by Crippen LogP contribution is -2.31. The molecule has 1 heterocycles. The number of carbonyl (C=O) groups excluding carboxylic acids is 2. The van der Waals surface area contributed by atoms with Gasteiger partial charge in [-0.25, -0.2) is 4.68 Å². The van der Waals surface area contributed by atoms with Gasteiger partial charge in [0.1, 0.15) is 18.3 Å². The number of esters is 1. The van der Waals surface area contributed by atoms with Crippen LogP contribution in [0.25, 0.3) is 0 Å². The van der Waals surface area contributed by atoms with Crippen LogP contribution in [0.5, 0.6) is 0 Å². The summed E-state index contributed by atoms with van der Waals surface area (Å²) in [6, 6.07) is 19.0. The van der Waals surface area contributed by atoms with Crippen LogP contribution in [0.2, 0.25) is 5.15 Å². The summed E-state index contributed by atoms with van der Waals surface area (Å²) in [5, 5.41) is 7.11. The first-order chi connectivity index (χ1) is 13.5. The Morgan fingerprint density at radius 3 is 2.29 bits per heavy atom. The van der Waals surface area contributed by atoms with E-state index in [0.29, 0.717) is 12.2 Å². The summed E-state index contributed by atoms with van der Waals surface area (Å²) in [5.74, 6) is -0.985. The Kier molecular flexibility index (Phi) is 6.45. The molecule has 6 nitrogen and oxygen atoms in total. The first-order valence-corrected chi connectivity index (χ1v) is 9.17. The van der Waals surface area contributed by atoms with Crippen LogP contribution in [0.3, 0.4) is 0 Å². The van der Waals surface area contributed by atoms with Gasteiger partial charge in [-0.05, 0) is 18.1 Å². The van der Waals surface area contributed by atoms with Gasteiger partial charge in [0.05, 0.1) is 17.8 Å². The number of amides is 1. The maximum absolute atomic E-state index is 12.5. The molecule has 0 bridgehead atoms. The average molecular weight is 398 g/mol. The van der Waals surface area contributed by atoms with Crippen molar-refractivity contribution in [3.63, 3.8) is 0 Å². The van der Waals surface area contributed by atoms with E-state index in [1.54, 1.807) is 11.6 Å². The Labute approximate surface area is 168 Å². The zero-order chi connectivity index (χ0) is 19.9. The van der Waals surface area contributed by atoms with E-state index in [1.165, 1.54) is 0 Å². The third kappa shape index (κ3) is 4.98. The molecule has 0 unspecified atom stereocenters. The van der Waals surface area contributed by atoms with Crippen molar-refractivity contribution in [1.29, 1.82) is 0 Å². The summed E-state index contributed by atoms with van der Waals surface area (Å²) < 4.78 is 6.72. The van der Waals surface area contributed by atoms with Gasteiger partial charge in [-0.1, -0.05) is 72.3 Å². The van der Waals surface area contributed by atoms with Crippen molar-refractivity contribution in [3.8, 4) is 0 Å². The van der Waals surface area contributed by atoms with E-state index in [-0.39, 0.29) is 23.9 Å². The molecule has 1 aromatic heterocycles. The summed E-state index contributed by atoms with van der Waals surface area (Å²) in [6.45, 7) is 2.07. The van der Waals surface area contributed by atoms with Crippen molar-refractivity contribution in [1.82, 2.24) is 15.1 Å². The quantitative estimate of drug-likeness (QED) is 0.620. The monoisotopic (exact) mass is 397 g/mol. The molecular weight excluding hydrogens is 378 g/mol. The fraction of sp³-hybridized carbons (Fsp3) is 0.190. The fourth-order valence-corrected chi connectivity index (χ4v) is 3.02. The molecule has 0 aliphatic carbocycles. The van der Waals surface area contributed by atoms with Crippen molar-refractivity contribution in [2.75, 3.05) is 6.54 Å². The van der Waals surface area contributed by atoms with Crippen molar-refractivity contribution >= 4 is 23.5 Å².